The number of carbonyl (C=O) groups excluding carboxylic acids is 1. The molecule has 0 radical (unpaired) electrons. The van der Waals surface area contributed by atoms with Crippen LogP contribution in [-0.2, 0) is 9.53 Å². The zero-order valence-electron chi connectivity index (χ0n) is 12.3. The molecule has 1 fully saturated rings. The largest absolute Gasteiger partial charge is 0.378 e. The molecule has 0 spiro atoms. The van der Waals surface area contributed by atoms with Gasteiger partial charge in [-0.25, -0.2) is 0 Å². The van der Waals surface area contributed by atoms with Gasteiger partial charge in [0.05, 0.1) is 30.4 Å². The first-order valence-corrected chi connectivity index (χ1v) is 7.70. The number of rotatable bonds is 5. The second-order valence-corrected chi connectivity index (χ2v) is 5.44. The van der Waals surface area contributed by atoms with Crippen LogP contribution < -0.4 is 5.32 Å². The smallest absolute Gasteiger partial charge is 0.226 e. The topological polar surface area (TPSA) is 62.1 Å². The van der Waals surface area contributed by atoms with Crippen molar-refractivity contribution in [3.05, 3.63) is 29.8 Å². The number of nitrogens with zero attached hydrogens (tertiary/aromatic N) is 1. The van der Waals surface area contributed by atoms with Crippen LogP contribution in [0.2, 0.25) is 0 Å². The molecule has 4 heteroatoms. The summed E-state index contributed by atoms with van der Waals surface area (Å²) in [6.07, 6.45) is 7.91. The molecule has 0 unspecified atom stereocenters. The lowest BCUT2D eigenvalue weighted by Crippen LogP contribution is -2.18. The third-order valence-electron chi connectivity index (χ3n) is 3.81. The summed E-state index contributed by atoms with van der Waals surface area (Å²) in [6, 6.07) is 9.09. The van der Waals surface area contributed by atoms with Crippen molar-refractivity contribution in [2.45, 2.75) is 51.0 Å². The standard InChI is InChI=1S/C17H22N2O2/c18-13-14-7-5-6-10-16(14)19-17(20)11-12-21-15-8-3-1-2-4-9-15/h5-7,10,15H,1-4,8-9,11-12H2,(H,19,20). The van der Waals surface area contributed by atoms with Crippen LogP contribution >= 0.6 is 0 Å². The Morgan fingerprint density at radius 2 is 1.95 bits per heavy atom. The van der Waals surface area contributed by atoms with Gasteiger partial charge < -0.3 is 10.1 Å². The van der Waals surface area contributed by atoms with Crippen molar-refractivity contribution in [1.29, 1.82) is 5.26 Å². The molecule has 1 N–H and O–H groups in total. The molecule has 0 atom stereocenters. The maximum absolute atomic E-state index is 11.9. The van der Waals surface area contributed by atoms with Crippen LogP contribution in [0.1, 0.15) is 50.5 Å². The number of carbonyl (C=O) groups is 1. The Bertz CT molecular complexity index is 500. The number of ether oxygens (including phenoxy) is 1. The van der Waals surface area contributed by atoms with Gasteiger partial charge in [-0.05, 0) is 25.0 Å². The Labute approximate surface area is 126 Å². The highest BCUT2D eigenvalue weighted by atomic mass is 16.5. The number of nitrogens with one attached hydrogen (secondary N) is 1. The number of benzene rings is 1. The van der Waals surface area contributed by atoms with Gasteiger partial charge in [0.15, 0.2) is 0 Å². The highest BCUT2D eigenvalue weighted by molar-refractivity contribution is 5.92. The van der Waals surface area contributed by atoms with Gasteiger partial charge in [-0.2, -0.15) is 5.26 Å². The van der Waals surface area contributed by atoms with Crippen LogP contribution in [0.4, 0.5) is 5.69 Å². The van der Waals surface area contributed by atoms with Gasteiger partial charge in [0.1, 0.15) is 6.07 Å². The van der Waals surface area contributed by atoms with Crippen molar-refractivity contribution in [3.8, 4) is 6.07 Å². The van der Waals surface area contributed by atoms with Gasteiger partial charge >= 0.3 is 0 Å². The third-order valence-corrected chi connectivity index (χ3v) is 3.81. The predicted molar refractivity (Wildman–Crippen MR) is 81.8 cm³/mol. The van der Waals surface area contributed by atoms with E-state index in [1.165, 1.54) is 25.7 Å². The molecule has 0 aromatic heterocycles. The number of para-hydroxylation sites is 1. The minimum atomic E-state index is -0.105. The van der Waals surface area contributed by atoms with Gasteiger partial charge in [0.25, 0.3) is 0 Å². The second kappa shape index (κ2) is 8.43. The van der Waals surface area contributed by atoms with E-state index < -0.39 is 0 Å². The molecule has 0 bridgehead atoms. The molecule has 1 amide bonds. The minimum absolute atomic E-state index is 0.105. The maximum atomic E-state index is 11.9. The molecule has 112 valence electrons. The molecular weight excluding hydrogens is 264 g/mol. The molecule has 1 aromatic rings. The van der Waals surface area contributed by atoms with Gasteiger partial charge in [0, 0.05) is 0 Å². The number of nitriles is 1. The van der Waals surface area contributed by atoms with E-state index in [1.807, 2.05) is 0 Å². The highest BCUT2D eigenvalue weighted by Crippen LogP contribution is 2.20. The summed E-state index contributed by atoms with van der Waals surface area (Å²) in [7, 11) is 0. The van der Waals surface area contributed by atoms with E-state index in [0.717, 1.165) is 12.8 Å². The van der Waals surface area contributed by atoms with E-state index >= 15 is 0 Å². The summed E-state index contributed by atoms with van der Waals surface area (Å²) < 4.78 is 5.80. The monoisotopic (exact) mass is 286 g/mol. The second-order valence-electron chi connectivity index (χ2n) is 5.44. The van der Waals surface area contributed by atoms with E-state index in [9.17, 15) is 4.79 Å². The Balaban J connectivity index is 1.73. The zero-order valence-corrected chi connectivity index (χ0v) is 12.3. The maximum Gasteiger partial charge on any atom is 0.226 e. The number of anilines is 1. The van der Waals surface area contributed by atoms with E-state index in [4.69, 9.17) is 10.00 Å². The zero-order chi connectivity index (χ0) is 14.9. The summed E-state index contributed by atoms with van der Waals surface area (Å²) >= 11 is 0. The Kier molecular flexibility index (Phi) is 6.23. The van der Waals surface area contributed by atoms with E-state index in [1.54, 1.807) is 24.3 Å². The summed E-state index contributed by atoms with van der Waals surface area (Å²) in [6.45, 7) is 0.450. The molecule has 0 heterocycles. The molecule has 0 aliphatic heterocycles. The van der Waals surface area contributed by atoms with Crippen molar-refractivity contribution >= 4 is 11.6 Å². The summed E-state index contributed by atoms with van der Waals surface area (Å²) in [5.41, 5.74) is 1.05. The molecule has 4 nitrogen and oxygen atoms in total. The summed E-state index contributed by atoms with van der Waals surface area (Å²) in [5.74, 6) is -0.105. The Morgan fingerprint density at radius 3 is 2.67 bits per heavy atom. The molecule has 1 aliphatic carbocycles. The van der Waals surface area contributed by atoms with Crippen LogP contribution in [-0.4, -0.2) is 18.6 Å². The SMILES string of the molecule is N#Cc1ccccc1NC(=O)CCOC1CCCCCC1. The molecule has 1 saturated carbocycles. The fourth-order valence-corrected chi connectivity index (χ4v) is 2.63. The third kappa shape index (κ3) is 5.20. The fourth-order valence-electron chi connectivity index (χ4n) is 2.63. The Morgan fingerprint density at radius 1 is 1.24 bits per heavy atom. The van der Waals surface area contributed by atoms with Crippen LogP contribution in [0.25, 0.3) is 0 Å². The van der Waals surface area contributed by atoms with E-state index in [-0.39, 0.29) is 5.91 Å². The first-order valence-electron chi connectivity index (χ1n) is 7.70. The quantitative estimate of drug-likeness (QED) is 0.841. The Hall–Kier alpha value is -1.86. The lowest BCUT2D eigenvalue weighted by molar-refractivity contribution is -0.117. The first-order chi connectivity index (χ1) is 10.3. The van der Waals surface area contributed by atoms with Crippen molar-refractivity contribution in [1.82, 2.24) is 0 Å². The normalized spacial score (nSPS) is 16.0. The van der Waals surface area contributed by atoms with Gasteiger partial charge in [0.2, 0.25) is 5.91 Å². The molecule has 2 rings (SSSR count). The fraction of sp³-hybridized carbons (Fsp3) is 0.529. The average Bonchev–Trinajstić information content (AvgIpc) is 2.76. The molecule has 1 aliphatic rings. The van der Waals surface area contributed by atoms with Crippen LogP contribution in [0, 0.1) is 11.3 Å². The number of amides is 1. The van der Waals surface area contributed by atoms with Gasteiger partial charge in [-0.1, -0.05) is 37.8 Å². The van der Waals surface area contributed by atoms with Crippen LogP contribution in [0.5, 0.6) is 0 Å². The van der Waals surface area contributed by atoms with E-state index in [0.29, 0.717) is 30.4 Å². The number of hydrogen-bond donors (Lipinski definition) is 1. The van der Waals surface area contributed by atoms with Crippen LogP contribution in [0.15, 0.2) is 24.3 Å². The summed E-state index contributed by atoms with van der Waals surface area (Å²) in [4.78, 5) is 11.9. The number of hydrogen-bond acceptors (Lipinski definition) is 3. The van der Waals surface area contributed by atoms with Crippen molar-refractivity contribution in [3.63, 3.8) is 0 Å². The van der Waals surface area contributed by atoms with Crippen LogP contribution in [0.3, 0.4) is 0 Å². The van der Waals surface area contributed by atoms with Gasteiger partial charge in [-0.15, -0.1) is 0 Å². The highest BCUT2D eigenvalue weighted by Gasteiger charge is 2.13. The average molecular weight is 286 g/mol. The predicted octanol–water partition coefficient (Wildman–Crippen LogP) is 3.63. The minimum Gasteiger partial charge on any atom is -0.378 e. The van der Waals surface area contributed by atoms with E-state index in [2.05, 4.69) is 11.4 Å². The lowest BCUT2D eigenvalue weighted by Gasteiger charge is -2.15. The van der Waals surface area contributed by atoms with Crippen molar-refractivity contribution < 1.29 is 9.53 Å². The summed E-state index contributed by atoms with van der Waals surface area (Å²) in [5, 5.41) is 11.7. The first kappa shape index (κ1) is 15.5. The molecule has 21 heavy (non-hydrogen) atoms. The molecular formula is C17H22N2O2. The van der Waals surface area contributed by atoms with Crippen molar-refractivity contribution in [2.75, 3.05) is 11.9 Å². The lowest BCUT2D eigenvalue weighted by atomic mass is 10.1. The molecule has 0 saturated heterocycles. The molecule has 1 aromatic carbocycles. The van der Waals surface area contributed by atoms with Crippen molar-refractivity contribution in [2.24, 2.45) is 0 Å². The van der Waals surface area contributed by atoms with Gasteiger partial charge in [-0.3, -0.25) is 4.79 Å².